The molecule has 0 aromatic heterocycles. The Hall–Kier alpha value is -2.04. The van der Waals surface area contributed by atoms with E-state index in [2.05, 4.69) is 34.5 Å². The number of hydrogen-bond donors (Lipinski definition) is 1. The van der Waals surface area contributed by atoms with Gasteiger partial charge in [0.25, 0.3) is 0 Å². The summed E-state index contributed by atoms with van der Waals surface area (Å²) >= 11 is 6.19. The molecule has 4 fully saturated rings. The SMILES string of the molecule is O=C(NC1c2ccc(-c3cccc(Cl)c3)cc2CC12CC2)O[C@@H]1CN2CCC1CC2. The van der Waals surface area contributed by atoms with Crippen molar-refractivity contribution in [3.8, 4) is 11.1 Å². The van der Waals surface area contributed by atoms with E-state index in [0.717, 1.165) is 49.5 Å². The van der Waals surface area contributed by atoms with Crippen LogP contribution in [0.15, 0.2) is 42.5 Å². The van der Waals surface area contributed by atoms with Gasteiger partial charge in [-0.25, -0.2) is 4.79 Å². The van der Waals surface area contributed by atoms with Crippen molar-refractivity contribution >= 4 is 17.7 Å². The average molecular weight is 423 g/mol. The van der Waals surface area contributed by atoms with Crippen molar-refractivity contribution < 1.29 is 9.53 Å². The first-order chi connectivity index (χ1) is 14.6. The first-order valence-corrected chi connectivity index (χ1v) is 11.6. The Balaban J connectivity index is 1.21. The first-order valence-electron chi connectivity index (χ1n) is 11.2. The lowest BCUT2D eigenvalue weighted by molar-refractivity contribution is -0.0344. The predicted octanol–water partition coefficient (Wildman–Crippen LogP) is 5.20. The molecule has 2 bridgehead atoms. The number of amides is 1. The van der Waals surface area contributed by atoms with Crippen LogP contribution in [-0.2, 0) is 11.2 Å². The van der Waals surface area contributed by atoms with Gasteiger partial charge < -0.3 is 10.1 Å². The molecule has 4 nitrogen and oxygen atoms in total. The zero-order valence-electron chi connectivity index (χ0n) is 17.1. The third-order valence-electron chi connectivity index (χ3n) is 7.78. The van der Waals surface area contributed by atoms with Gasteiger partial charge in [0.1, 0.15) is 6.10 Å². The van der Waals surface area contributed by atoms with Crippen LogP contribution in [0.3, 0.4) is 0 Å². The van der Waals surface area contributed by atoms with E-state index in [9.17, 15) is 4.79 Å². The molecule has 1 spiro atoms. The number of carbonyl (C=O) groups excluding carboxylic acids is 1. The van der Waals surface area contributed by atoms with Crippen molar-refractivity contribution in [2.24, 2.45) is 11.3 Å². The molecule has 2 aromatic carbocycles. The normalized spacial score (nSPS) is 30.2. The maximum absolute atomic E-state index is 12.8. The molecular formula is C25H27ClN2O2. The number of alkyl carbamates (subject to hydrolysis) is 1. The quantitative estimate of drug-likeness (QED) is 0.738. The van der Waals surface area contributed by atoms with Crippen LogP contribution < -0.4 is 5.32 Å². The minimum absolute atomic E-state index is 0.0498. The molecule has 1 unspecified atom stereocenters. The second kappa shape index (κ2) is 7.00. The summed E-state index contributed by atoms with van der Waals surface area (Å²) in [6.45, 7) is 3.20. The zero-order chi connectivity index (χ0) is 20.3. The first kappa shape index (κ1) is 18.7. The van der Waals surface area contributed by atoms with Crippen LogP contribution >= 0.6 is 11.6 Å². The third-order valence-corrected chi connectivity index (χ3v) is 8.01. The summed E-state index contributed by atoms with van der Waals surface area (Å²) < 4.78 is 5.92. The van der Waals surface area contributed by atoms with Crippen LogP contribution in [0, 0.1) is 11.3 Å². The van der Waals surface area contributed by atoms with Crippen molar-refractivity contribution in [2.75, 3.05) is 19.6 Å². The number of piperidine rings is 3. The molecule has 5 heteroatoms. The standard InChI is InChI=1S/C25H27ClN2O2/c26-20-3-1-2-17(13-20)18-4-5-21-19(12-18)14-25(8-9-25)23(21)27-24(29)30-22-15-28-10-6-16(22)7-11-28/h1-5,12-13,16,22-23H,6-11,14-15H2,(H,27,29)/t22-,23?/m1/s1. The van der Waals surface area contributed by atoms with Gasteiger partial charge in [0.15, 0.2) is 0 Å². The number of nitrogens with zero attached hydrogens (tertiary/aromatic N) is 1. The number of benzene rings is 2. The van der Waals surface area contributed by atoms with Gasteiger partial charge in [-0.05, 0) is 90.9 Å². The molecule has 3 heterocycles. The summed E-state index contributed by atoms with van der Waals surface area (Å²) in [5.41, 5.74) is 5.10. The predicted molar refractivity (Wildman–Crippen MR) is 118 cm³/mol. The summed E-state index contributed by atoms with van der Waals surface area (Å²) in [5.74, 6) is 0.534. The number of nitrogens with one attached hydrogen (secondary N) is 1. The van der Waals surface area contributed by atoms with E-state index in [1.165, 1.54) is 29.5 Å². The highest BCUT2D eigenvalue weighted by molar-refractivity contribution is 6.30. The third kappa shape index (κ3) is 3.21. The number of carbonyl (C=O) groups is 1. The molecule has 1 saturated carbocycles. The summed E-state index contributed by atoms with van der Waals surface area (Å²) in [4.78, 5) is 15.2. The van der Waals surface area contributed by atoms with Gasteiger partial charge in [0, 0.05) is 11.6 Å². The molecule has 156 valence electrons. The highest BCUT2D eigenvalue weighted by Crippen LogP contribution is 2.62. The fraction of sp³-hybridized carbons (Fsp3) is 0.480. The Labute approximate surface area is 182 Å². The summed E-state index contributed by atoms with van der Waals surface area (Å²) in [6.07, 6.45) is 5.48. The lowest BCUT2D eigenvalue weighted by Crippen LogP contribution is -2.52. The second-order valence-electron chi connectivity index (χ2n) is 9.62. The molecular weight excluding hydrogens is 396 g/mol. The van der Waals surface area contributed by atoms with Crippen molar-refractivity contribution in [1.29, 1.82) is 0 Å². The minimum atomic E-state index is -0.239. The van der Waals surface area contributed by atoms with E-state index in [1.807, 2.05) is 18.2 Å². The maximum Gasteiger partial charge on any atom is 0.407 e. The van der Waals surface area contributed by atoms with Crippen LogP contribution in [0.2, 0.25) is 5.02 Å². The lowest BCUT2D eigenvalue weighted by atomic mass is 9.86. The molecule has 0 radical (unpaired) electrons. The van der Waals surface area contributed by atoms with E-state index in [0.29, 0.717) is 5.92 Å². The summed E-state index contributed by atoms with van der Waals surface area (Å²) in [5, 5.41) is 4.01. The molecule has 7 rings (SSSR count). The van der Waals surface area contributed by atoms with Gasteiger partial charge in [0.05, 0.1) is 6.04 Å². The van der Waals surface area contributed by atoms with E-state index in [1.54, 1.807) is 0 Å². The second-order valence-corrected chi connectivity index (χ2v) is 10.1. The topological polar surface area (TPSA) is 41.6 Å². The van der Waals surface area contributed by atoms with Crippen LogP contribution in [0.5, 0.6) is 0 Å². The van der Waals surface area contributed by atoms with Crippen LogP contribution in [0.1, 0.15) is 42.9 Å². The zero-order valence-corrected chi connectivity index (χ0v) is 17.8. The van der Waals surface area contributed by atoms with Crippen LogP contribution in [0.25, 0.3) is 11.1 Å². The molecule has 1 amide bonds. The van der Waals surface area contributed by atoms with Crippen LogP contribution in [0.4, 0.5) is 4.79 Å². The summed E-state index contributed by atoms with van der Waals surface area (Å²) in [6, 6.07) is 14.7. The molecule has 1 N–H and O–H groups in total. The molecule has 3 aliphatic heterocycles. The van der Waals surface area contributed by atoms with Crippen molar-refractivity contribution in [2.45, 2.75) is 44.2 Å². The van der Waals surface area contributed by atoms with Crippen molar-refractivity contribution in [3.05, 3.63) is 58.6 Å². The Morgan fingerprint density at radius 1 is 1.10 bits per heavy atom. The largest absolute Gasteiger partial charge is 0.445 e. The summed E-state index contributed by atoms with van der Waals surface area (Å²) in [7, 11) is 0. The number of rotatable bonds is 3. The lowest BCUT2D eigenvalue weighted by Gasteiger charge is -2.44. The van der Waals surface area contributed by atoms with Gasteiger partial charge in [0.2, 0.25) is 0 Å². The van der Waals surface area contributed by atoms with E-state index in [4.69, 9.17) is 16.3 Å². The van der Waals surface area contributed by atoms with Gasteiger partial charge in [-0.15, -0.1) is 0 Å². The van der Waals surface area contributed by atoms with Crippen LogP contribution in [-0.4, -0.2) is 36.7 Å². The van der Waals surface area contributed by atoms with Gasteiger partial charge in [-0.3, -0.25) is 4.90 Å². The fourth-order valence-corrected chi connectivity index (χ4v) is 6.08. The molecule has 3 saturated heterocycles. The highest BCUT2D eigenvalue weighted by atomic mass is 35.5. The monoisotopic (exact) mass is 422 g/mol. The van der Waals surface area contributed by atoms with Gasteiger partial charge in [-0.2, -0.15) is 0 Å². The molecule has 2 aliphatic carbocycles. The highest BCUT2D eigenvalue weighted by Gasteiger charge is 2.55. The van der Waals surface area contributed by atoms with E-state index >= 15 is 0 Å². The number of halogens is 1. The Kier molecular flexibility index (Phi) is 4.36. The fourth-order valence-electron chi connectivity index (χ4n) is 5.89. The molecule has 2 atom stereocenters. The smallest absolute Gasteiger partial charge is 0.407 e. The van der Waals surface area contributed by atoms with Crippen molar-refractivity contribution in [1.82, 2.24) is 10.2 Å². The minimum Gasteiger partial charge on any atom is -0.445 e. The number of hydrogen-bond acceptors (Lipinski definition) is 3. The number of ether oxygens (including phenoxy) is 1. The molecule has 5 aliphatic rings. The van der Waals surface area contributed by atoms with E-state index in [-0.39, 0.29) is 23.7 Å². The Morgan fingerprint density at radius 2 is 1.90 bits per heavy atom. The Morgan fingerprint density at radius 3 is 2.60 bits per heavy atom. The van der Waals surface area contributed by atoms with Gasteiger partial charge in [-0.1, -0.05) is 41.9 Å². The Bertz CT molecular complexity index is 994. The molecule has 2 aromatic rings. The number of fused-ring (bicyclic) bond motifs is 4. The molecule has 30 heavy (non-hydrogen) atoms. The maximum atomic E-state index is 12.8. The van der Waals surface area contributed by atoms with Gasteiger partial charge >= 0.3 is 6.09 Å². The van der Waals surface area contributed by atoms with Crippen molar-refractivity contribution in [3.63, 3.8) is 0 Å². The van der Waals surface area contributed by atoms with E-state index < -0.39 is 0 Å². The average Bonchev–Trinajstić information content (AvgIpc) is 3.46.